The van der Waals surface area contributed by atoms with Crippen LogP contribution < -0.4 is 26.2 Å². The summed E-state index contributed by atoms with van der Waals surface area (Å²) in [5, 5.41) is 4.26. The zero-order valence-electron chi connectivity index (χ0n) is 15.4. The predicted octanol–water partition coefficient (Wildman–Crippen LogP) is 3.16. The Morgan fingerprint density at radius 3 is 2.86 bits per heavy atom. The number of anilines is 2. The van der Waals surface area contributed by atoms with Gasteiger partial charge in [-0.2, -0.15) is 0 Å². The van der Waals surface area contributed by atoms with Gasteiger partial charge < -0.3 is 15.6 Å². The van der Waals surface area contributed by atoms with Crippen molar-refractivity contribution in [1.29, 1.82) is 0 Å². The first-order valence-corrected chi connectivity index (χ1v) is 10.4. The minimum Gasteiger partial charge on any atom is -0.346 e. The fourth-order valence-corrected chi connectivity index (χ4v) is 4.17. The van der Waals surface area contributed by atoms with E-state index in [2.05, 4.69) is 16.3 Å². The molecular weight excluding hydrogens is 417 g/mol. The van der Waals surface area contributed by atoms with Gasteiger partial charge >= 0.3 is 0 Å². The van der Waals surface area contributed by atoms with Crippen LogP contribution in [0.15, 0.2) is 42.2 Å². The molecule has 0 radical (unpaired) electrons. The summed E-state index contributed by atoms with van der Waals surface area (Å²) in [6, 6.07) is 8.05. The molecular formula is C19H19ClFN5O2S. The second-order valence-electron chi connectivity index (χ2n) is 6.69. The van der Waals surface area contributed by atoms with Gasteiger partial charge in [0.1, 0.15) is 5.82 Å². The van der Waals surface area contributed by atoms with Crippen LogP contribution in [0.2, 0.25) is 4.34 Å². The molecule has 1 aromatic carbocycles. The van der Waals surface area contributed by atoms with Crippen LogP contribution in [0.3, 0.4) is 0 Å². The van der Waals surface area contributed by atoms with Crippen molar-refractivity contribution in [2.45, 2.75) is 19.3 Å². The van der Waals surface area contributed by atoms with Crippen LogP contribution in [0, 0.1) is 5.82 Å². The molecule has 10 heteroatoms. The summed E-state index contributed by atoms with van der Waals surface area (Å²) in [5.74, 6) is -0.663. The Balaban J connectivity index is 1.40. The van der Waals surface area contributed by atoms with E-state index in [4.69, 9.17) is 11.6 Å². The summed E-state index contributed by atoms with van der Waals surface area (Å²) < 4.78 is 15.2. The van der Waals surface area contributed by atoms with Gasteiger partial charge in [0.05, 0.1) is 27.1 Å². The van der Waals surface area contributed by atoms with Gasteiger partial charge in [0.2, 0.25) is 5.91 Å². The lowest BCUT2D eigenvalue weighted by molar-refractivity contribution is -0.119. The maximum absolute atomic E-state index is 14.7. The van der Waals surface area contributed by atoms with E-state index in [-0.39, 0.29) is 18.4 Å². The van der Waals surface area contributed by atoms with Crippen molar-refractivity contribution in [3.8, 4) is 0 Å². The largest absolute Gasteiger partial charge is 0.346 e. The molecule has 2 amide bonds. The Labute approximate surface area is 176 Å². The lowest BCUT2D eigenvalue weighted by Gasteiger charge is -2.27. The van der Waals surface area contributed by atoms with Crippen molar-refractivity contribution in [1.82, 2.24) is 16.3 Å². The van der Waals surface area contributed by atoms with Crippen LogP contribution in [-0.4, -0.2) is 24.9 Å². The Kier molecular flexibility index (Phi) is 5.70. The van der Waals surface area contributed by atoms with Crippen LogP contribution in [0.25, 0.3) is 0 Å². The van der Waals surface area contributed by atoms with E-state index in [1.54, 1.807) is 35.4 Å². The molecule has 1 aromatic heterocycles. The highest BCUT2D eigenvalue weighted by atomic mass is 35.5. The van der Waals surface area contributed by atoms with Crippen molar-refractivity contribution in [2.75, 3.05) is 23.0 Å². The number of nitrogens with one attached hydrogen (secondary N) is 3. The van der Waals surface area contributed by atoms with Gasteiger partial charge in [0.15, 0.2) is 0 Å². The third-order valence-electron chi connectivity index (χ3n) is 4.68. The third-order valence-corrected chi connectivity index (χ3v) is 5.91. The number of hydrazine groups is 2. The molecule has 3 N–H and O–H groups in total. The number of hydrogen-bond acceptors (Lipinski definition) is 6. The quantitative estimate of drug-likeness (QED) is 0.672. The first kappa shape index (κ1) is 19.7. The Bertz CT molecular complexity index is 979. The van der Waals surface area contributed by atoms with Crippen molar-refractivity contribution in [3.63, 3.8) is 0 Å². The molecule has 1 saturated heterocycles. The van der Waals surface area contributed by atoms with E-state index in [0.717, 1.165) is 12.8 Å². The molecule has 29 heavy (non-hydrogen) atoms. The number of piperidine rings is 1. The molecule has 0 atom stereocenters. The Hall–Kier alpha value is -2.62. The minimum atomic E-state index is -0.454. The molecule has 1 fully saturated rings. The molecule has 7 nitrogen and oxygen atoms in total. The number of rotatable bonds is 5. The smallest absolute Gasteiger partial charge is 0.261 e. The molecule has 0 bridgehead atoms. The van der Waals surface area contributed by atoms with Crippen molar-refractivity contribution >= 4 is 46.1 Å². The van der Waals surface area contributed by atoms with Gasteiger partial charge in [-0.25, -0.2) is 4.39 Å². The molecule has 0 spiro atoms. The highest BCUT2D eigenvalue weighted by molar-refractivity contribution is 7.18. The minimum absolute atomic E-state index is 0.0225. The van der Waals surface area contributed by atoms with E-state index in [1.165, 1.54) is 22.4 Å². The molecule has 2 aromatic rings. The fraction of sp³-hybridized carbons (Fsp3) is 0.263. The average molecular weight is 436 g/mol. The standard InChI is InChI=1S/C19H19ClFN5O2S/c20-17-7-6-16(29-17)19(28)22-10-12-11-26(24-23-12)15-5-4-13(9-14(15)21)25-8-2-1-3-18(25)27/h4-7,9,11,23-24H,1-3,8,10H2,(H,22,28). The molecule has 0 aliphatic carbocycles. The number of nitrogens with zero attached hydrogens (tertiary/aromatic N) is 2. The van der Waals surface area contributed by atoms with E-state index in [1.807, 2.05) is 0 Å². The lowest BCUT2D eigenvalue weighted by atomic mass is 10.1. The Morgan fingerprint density at radius 1 is 1.28 bits per heavy atom. The average Bonchev–Trinajstić information content (AvgIpc) is 3.35. The SMILES string of the molecule is O=C(NCC1=CN(c2ccc(N3CCCCC3=O)cc2F)NN1)c1ccc(Cl)s1. The summed E-state index contributed by atoms with van der Waals surface area (Å²) in [6.45, 7) is 0.847. The third kappa shape index (κ3) is 4.36. The van der Waals surface area contributed by atoms with E-state index >= 15 is 0 Å². The van der Waals surface area contributed by atoms with Gasteiger partial charge in [-0.3, -0.25) is 14.6 Å². The van der Waals surface area contributed by atoms with Gasteiger partial charge in [0, 0.05) is 24.9 Å². The van der Waals surface area contributed by atoms with Gasteiger partial charge in [-0.1, -0.05) is 11.6 Å². The predicted molar refractivity (Wildman–Crippen MR) is 111 cm³/mol. The molecule has 3 heterocycles. The van der Waals surface area contributed by atoms with Gasteiger partial charge in [-0.15, -0.1) is 16.9 Å². The van der Waals surface area contributed by atoms with Crippen molar-refractivity contribution in [3.05, 3.63) is 57.3 Å². The van der Waals surface area contributed by atoms with Crippen LogP contribution in [0.1, 0.15) is 28.9 Å². The first-order chi connectivity index (χ1) is 14.0. The fourth-order valence-electron chi connectivity index (χ4n) is 3.21. The maximum atomic E-state index is 14.7. The molecule has 152 valence electrons. The summed E-state index contributed by atoms with van der Waals surface area (Å²) in [4.78, 5) is 26.3. The van der Waals surface area contributed by atoms with Crippen LogP contribution in [0.5, 0.6) is 0 Å². The molecule has 4 rings (SSSR count). The summed E-state index contributed by atoms with van der Waals surface area (Å²) >= 11 is 7.04. The molecule has 0 saturated carbocycles. The monoisotopic (exact) mass is 435 g/mol. The number of thiophene rings is 1. The summed E-state index contributed by atoms with van der Waals surface area (Å²) in [7, 11) is 0. The van der Waals surface area contributed by atoms with Gasteiger partial charge in [-0.05, 0) is 43.2 Å². The summed E-state index contributed by atoms with van der Waals surface area (Å²) in [6.07, 6.45) is 3.95. The van der Waals surface area contributed by atoms with Crippen molar-refractivity contribution in [2.24, 2.45) is 0 Å². The zero-order valence-corrected chi connectivity index (χ0v) is 16.9. The second-order valence-corrected chi connectivity index (χ2v) is 8.40. The summed E-state index contributed by atoms with van der Waals surface area (Å²) in [5.41, 5.74) is 7.27. The second kappa shape index (κ2) is 8.40. The van der Waals surface area contributed by atoms with Crippen molar-refractivity contribution < 1.29 is 14.0 Å². The molecule has 2 aliphatic heterocycles. The number of hydrogen-bond donors (Lipinski definition) is 3. The number of halogens is 2. The van der Waals surface area contributed by atoms with E-state index < -0.39 is 5.82 Å². The number of carbonyl (C=O) groups excluding carboxylic acids is 2. The van der Waals surface area contributed by atoms with Gasteiger partial charge in [0.25, 0.3) is 5.91 Å². The van der Waals surface area contributed by atoms with Crippen LogP contribution >= 0.6 is 22.9 Å². The van der Waals surface area contributed by atoms with E-state index in [0.29, 0.717) is 39.3 Å². The van der Waals surface area contributed by atoms with Crippen LogP contribution in [0.4, 0.5) is 15.8 Å². The zero-order chi connectivity index (χ0) is 20.4. The van der Waals surface area contributed by atoms with E-state index in [9.17, 15) is 14.0 Å². The lowest BCUT2D eigenvalue weighted by Crippen LogP contribution is -2.38. The Morgan fingerprint density at radius 2 is 2.14 bits per heavy atom. The normalized spacial score (nSPS) is 16.6. The number of benzene rings is 1. The first-order valence-electron chi connectivity index (χ1n) is 9.16. The highest BCUT2D eigenvalue weighted by Crippen LogP contribution is 2.28. The van der Waals surface area contributed by atoms with Crippen LogP contribution in [-0.2, 0) is 4.79 Å². The number of amides is 2. The highest BCUT2D eigenvalue weighted by Gasteiger charge is 2.22. The topological polar surface area (TPSA) is 76.7 Å². The number of carbonyl (C=O) groups is 2. The maximum Gasteiger partial charge on any atom is 0.261 e. The molecule has 0 unspecified atom stereocenters. The molecule has 2 aliphatic rings.